The number of rotatable bonds is 4. The van der Waals surface area contributed by atoms with E-state index >= 15 is 0 Å². The molecule has 0 atom stereocenters. The van der Waals surface area contributed by atoms with Gasteiger partial charge in [0.2, 0.25) is 11.8 Å². The second-order valence-corrected chi connectivity index (χ2v) is 7.23. The fourth-order valence-corrected chi connectivity index (χ4v) is 3.64. The Balaban J connectivity index is 1.33. The minimum atomic E-state index is -0.106. The second kappa shape index (κ2) is 7.84. The van der Waals surface area contributed by atoms with E-state index in [1.54, 1.807) is 0 Å². The molecule has 0 aliphatic carbocycles. The van der Waals surface area contributed by atoms with E-state index in [1.807, 2.05) is 53.4 Å². The van der Waals surface area contributed by atoms with Crippen molar-refractivity contribution >= 4 is 28.6 Å². The first kappa shape index (κ1) is 18.2. The molecule has 4 rings (SSSR count). The van der Waals surface area contributed by atoms with Crippen LogP contribution in [0.4, 0.5) is 5.69 Å². The Morgan fingerprint density at radius 3 is 2.50 bits per heavy atom. The smallest absolute Gasteiger partial charge is 0.226 e. The molecule has 1 saturated heterocycles. The Labute approximate surface area is 163 Å². The summed E-state index contributed by atoms with van der Waals surface area (Å²) in [5.41, 5.74) is 3.39. The van der Waals surface area contributed by atoms with Crippen molar-refractivity contribution in [3.05, 3.63) is 60.0 Å². The summed E-state index contributed by atoms with van der Waals surface area (Å²) >= 11 is 0. The molecule has 2 aromatic carbocycles. The highest BCUT2D eigenvalue weighted by Crippen LogP contribution is 2.30. The fraction of sp³-hybridized carbons (Fsp3) is 0.318. The SMILES string of the molecule is CC(=O)Nc1ccc(CC(=O)N2CCC(c3nc4ccccc4o3)CC2)cc1. The average Bonchev–Trinajstić information content (AvgIpc) is 3.13. The summed E-state index contributed by atoms with van der Waals surface area (Å²) in [5.74, 6) is 1.06. The molecule has 28 heavy (non-hydrogen) atoms. The Morgan fingerprint density at radius 1 is 1.11 bits per heavy atom. The number of carbonyl (C=O) groups is 2. The summed E-state index contributed by atoms with van der Waals surface area (Å²) in [4.78, 5) is 30.2. The minimum absolute atomic E-state index is 0.106. The predicted octanol–water partition coefficient (Wildman–Crippen LogP) is 3.73. The van der Waals surface area contributed by atoms with Gasteiger partial charge in [-0.1, -0.05) is 24.3 Å². The first-order valence-corrected chi connectivity index (χ1v) is 9.58. The zero-order valence-corrected chi connectivity index (χ0v) is 15.9. The van der Waals surface area contributed by atoms with Crippen LogP contribution in [0, 0.1) is 0 Å². The van der Waals surface area contributed by atoms with E-state index in [9.17, 15) is 9.59 Å². The molecule has 0 bridgehead atoms. The zero-order valence-electron chi connectivity index (χ0n) is 15.9. The molecule has 6 heteroatoms. The highest BCUT2D eigenvalue weighted by Gasteiger charge is 2.27. The van der Waals surface area contributed by atoms with Gasteiger partial charge in [-0.05, 0) is 42.7 Å². The maximum Gasteiger partial charge on any atom is 0.226 e. The van der Waals surface area contributed by atoms with E-state index in [-0.39, 0.29) is 17.7 Å². The molecule has 0 spiro atoms. The molecule has 1 aromatic heterocycles. The van der Waals surface area contributed by atoms with Gasteiger partial charge in [-0.25, -0.2) is 4.98 Å². The third-order valence-electron chi connectivity index (χ3n) is 5.14. The second-order valence-electron chi connectivity index (χ2n) is 7.23. The fourth-order valence-electron chi connectivity index (χ4n) is 3.64. The van der Waals surface area contributed by atoms with Gasteiger partial charge in [-0.2, -0.15) is 0 Å². The quantitative estimate of drug-likeness (QED) is 0.752. The lowest BCUT2D eigenvalue weighted by molar-refractivity contribution is -0.131. The predicted molar refractivity (Wildman–Crippen MR) is 107 cm³/mol. The maximum absolute atomic E-state index is 12.6. The normalized spacial score (nSPS) is 15.0. The average molecular weight is 377 g/mol. The molecule has 1 N–H and O–H groups in total. The van der Waals surface area contributed by atoms with Crippen LogP contribution in [0.15, 0.2) is 52.9 Å². The monoisotopic (exact) mass is 377 g/mol. The number of hydrogen-bond acceptors (Lipinski definition) is 4. The summed E-state index contributed by atoms with van der Waals surface area (Å²) in [6, 6.07) is 15.2. The number of anilines is 1. The van der Waals surface area contributed by atoms with Crippen molar-refractivity contribution in [3.63, 3.8) is 0 Å². The van der Waals surface area contributed by atoms with Crippen LogP contribution in [-0.2, 0) is 16.0 Å². The number of benzene rings is 2. The summed E-state index contributed by atoms with van der Waals surface area (Å²) in [7, 11) is 0. The minimum Gasteiger partial charge on any atom is -0.440 e. The highest BCUT2D eigenvalue weighted by molar-refractivity contribution is 5.88. The van der Waals surface area contributed by atoms with E-state index in [4.69, 9.17) is 4.42 Å². The molecule has 1 fully saturated rings. The lowest BCUT2D eigenvalue weighted by atomic mass is 9.96. The number of likely N-dealkylation sites (tertiary alicyclic amines) is 1. The standard InChI is InChI=1S/C22H23N3O3/c1-15(26)23-18-8-6-16(7-9-18)14-21(27)25-12-10-17(11-13-25)22-24-19-4-2-3-5-20(19)28-22/h2-9,17H,10-14H2,1H3,(H,23,26). The molecule has 0 radical (unpaired) electrons. The Bertz CT molecular complexity index is 953. The van der Waals surface area contributed by atoms with Gasteiger partial charge in [0.1, 0.15) is 5.52 Å². The number of piperidine rings is 1. The van der Waals surface area contributed by atoms with Crippen LogP contribution in [-0.4, -0.2) is 34.8 Å². The van der Waals surface area contributed by atoms with Crippen LogP contribution in [0.2, 0.25) is 0 Å². The van der Waals surface area contributed by atoms with Crippen LogP contribution in [0.5, 0.6) is 0 Å². The van der Waals surface area contributed by atoms with Crippen molar-refractivity contribution in [3.8, 4) is 0 Å². The molecule has 0 saturated carbocycles. The Morgan fingerprint density at radius 2 is 1.82 bits per heavy atom. The van der Waals surface area contributed by atoms with Crippen LogP contribution in [0.3, 0.4) is 0 Å². The summed E-state index contributed by atoms with van der Waals surface area (Å²) in [6.45, 7) is 2.90. The van der Waals surface area contributed by atoms with Crippen molar-refractivity contribution in [2.24, 2.45) is 0 Å². The largest absolute Gasteiger partial charge is 0.440 e. The lowest BCUT2D eigenvalue weighted by Gasteiger charge is -2.30. The van der Waals surface area contributed by atoms with Crippen molar-refractivity contribution in [2.75, 3.05) is 18.4 Å². The summed E-state index contributed by atoms with van der Waals surface area (Å²) in [5, 5.41) is 2.73. The van der Waals surface area contributed by atoms with Gasteiger partial charge in [-0.15, -0.1) is 0 Å². The Hall–Kier alpha value is -3.15. The van der Waals surface area contributed by atoms with Crippen molar-refractivity contribution in [1.29, 1.82) is 0 Å². The molecule has 144 valence electrons. The number of hydrogen-bond donors (Lipinski definition) is 1. The molecule has 2 amide bonds. The van der Waals surface area contributed by atoms with Crippen molar-refractivity contribution < 1.29 is 14.0 Å². The molecule has 2 heterocycles. The molecule has 6 nitrogen and oxygen atoms in total. The van der Waals surface area contributed by atoms with Crippen molar-refractivity contribution in [2.45, 2.75) is 32.1 Å². The van der Waals surface area contributed by atoms with Gasteiger partial charge in [0.25, 0.3) is 0 Å². The topological polar surface area (TPSA) is 75.4 Å². The molecular formula is C22H23N3O3. The molecule has 0 unspecified atom stereocenters. The van der Waals surface area contributed by atoms with E-state index in [2.05, 4.69) is 10.3 Å². The lowest BCUT2D eigenvalue weighted by Crippen LogP contribution is -2.38. The van der Waals surface area contributed by atoms with Gasteiger partial charge in [0.05, 0.1) is 6.42 Å². The number of carbonyl (C=O) groups excluding carboxylic acids is 2. The zero-order chi connectivity index (χ0) is 19.5. The van der Waals surface area contributed by atoms with Crippen LogP contribution >= 0.6 is 0 Å². The molecule has 1 aliphatic rings. The van der Waals surface area contributed by atoms with E-state index in [0.29, 0.717) is 19.5 Å². The summed E-state index contributed by atoms with van der Waals surface area (Å²) in [6.07, 6.45) is 2.09. The van der Waals surface area contributed by atoms with Gasteiger partial charge >= 0.3 is 0 Å². The number of oxazole rings is 1. The van der Waals surface area contributed by atoms with Crippen LogP contribution < -0.4 is 5.32 Å². The third kappa shape index (κ3) is 4.06. The van der Waals surface area contributed by atoms with Gasteiger partial charge in [-0.3, -0.25) is 9.59 Å². The van der Waals surface area contributed by atoms with Crippen molar-refractivity contribution in [1.82, 2.24) is 9.88 Å². The molecule has 3 aromatic rings. The number of fused-ring (bicyclic) bond motifs is 1. The van der Waals surface area contributed by atoms with E-state index < -0.39 is 0 Å². The molecule has 1 aliphatic heterocycles. The molecular weight excluding hydrogens is 354 g/mol. The number of para-hydroxylation sites is 2. The number of aromatic nitrogens is 1. The van der Waals surface area contributed by atoms with E-state index in [1.165, 1.54) is 6.92 Å². The van der Waals surface area contributed by atoms with Crippen LogP contribution in [0.1, 0.15) is 37.1 Å². The summed E-state index contributed by atoms with van der Waals surface area (Å²) < 4.78 is 5.89. The van der Waals surface area contributed by atoms with E-state index in [0.717, 1.165) is 41.1 Å². The van der Waals surface area contributed by atoms with Gasteiger partial charge in [0.15, 0.2) is 11.5 Å². The highest BCUT2D eigenvalue weighted by atomic mass is 16.3. The Kier molecular flexibility index (Phi) is 5.10. The first-order chi connectivity index (χ1) is 13.6. The number of amides is 2. The number of nitrogens with one attached hydrogen (secondary N) is 1. The number of nitrogens with zero attached hydrogens (tertiary/aromatic N) is 2. The third-order valence-corrected chi connectivity index (χ3v) is 5.14. The van der Waals surface area contributed by atoms with Gasteiger partial charge < -0.3 is 14.6 Å². The van der Waals surface area contributed by atoms with Crippen LogP contribution in [0.25, 0.3) is 11.1 Å². The first-order valence-electron chi connectivity index (χ1n) is 9.58. The van der Waals surface area contributed by atoms with Gasteiger partial charge in [0, 0.05) is 31.6 Å². The maximum atomic E-state index is 12.6.